The Bertz CT molecular complexity index is 715. The van der Waals surface area contributed by atoms with Crippen molar-refractivity contribution in [1.29, 1.82) is 5.26 Å². The van der Waals surface area contributed by atoms with Crippen molar-refractivity contribution >= 4 is 17.8 Å². The van der Waals surface area contributed by atoms with Crippen molar-refractivity contribution in [3.05, 3.63) is 24.2 Å². The lowest BCUT2D eigenvalue weighted by Gasteiger charge is -2.23. The topological polar surface area (TPSA) is 115 Å². The van der Waals surface area contributed by atoms with Crippen LogP contribution in [-0.2, 0) is 15.1 Å². The molecule has 2 N–H and O–H groups in total. The van der Waals surface area contributed by atoms with E-state index in [1.54, 1.807) is 12.1 Å². The molecule has 1 unspecified atom stereocenters. The van der Waals surface area contributed by atoms with Gasteiger partial charge >= 0.3 is 6.03 Å². The van der Waals surface area contributed by atoms with Crippen LogP contribution in [-0.4, -0.2) is 34.8 Å². The van der Waals surface area contributed by atoms with Crippen molar-refractivity contribution in [2.45, 2.75) is 43.7 Å². The zero-order valence-corrected chi connectivity index (χ0v) is 13.3. The number of urea groups is 1. The molecule has 1 aliphatic carbocycles. The summed E-state index contributed by atoms with van der Waals surface area (Å²) in [5.41, 5.74) is -2.22. The summed E-state index contributed by atoms with van der Waals surface area (Å²) in [7, 11) is 0. The van der Waals surface area contributed by atoms with Crippen LogP contribution in [0.2, 0.25) is 0 Å². The third-order valence-electron chi connectivity index (χ3n) is 4.64. The lowest BCUT2D eigenvalue weighted by Crippen LogP contribution is -2.50. The fraction of sp³-hybridized carbons (Fsp3) is 0.500. The Morgan fingerprint density at radius 1 is 1.46 bits per heavy atom. The van der Waals surface area contributed by atoms with Crippen LogP contribution in [0.5, 0.6) is 0 Å². The van der Waals surface area contributed by atoms with Crippen LogP contribution in [0.3, 0.4) is 0 Å². The van der Waals surface area contributed by atoms with Gasteiger partial charge in [0, 0.05) is 0 Å². The van der Waals surface area contributed by atoms with Gasteiger partial charge in [0.2, 0.25) is 5.91 Å². The molecule has 0 bridgehead atoms. The van der Waals surface area contributed by atoms with Gasteiger partial charge in [0.1, 0.15) is 17.8 Å². The Hall–Kier alpha value is -2.82. The monoisotopic (exact) mass is 330 g/mol. The molecule has 1 aromatic heterocycles. The van der Waals surface area contributed by atoms with Crippen LogP contribution in [0, 0.1) is 11.3 Å². The van der Waals surface area contributed by atoms with Gasteiger partial charge in [-0.3, -0.25) is 14.5 Å². The third kappa shape index (κ3) is 2.52. The highest BCUT2D eigenvalue weighted by Crippen LogP contribution is 2.30. The van der Waals surface area contributed by atoms with Gasteiger partial charge in [0.05, 0.1) is 12.3 Å². The number of nitriles is 1. The maximum atomic E-state index is 12.6. The largest absolute Gasteiger partial charge is 0.466 e. The summed E-state index contributed by atoms with van der Waals surface area (Å²) in [5, 5.41) is 14.5. The van der Waals surface area contributed by atoms with Gasteiger partial charge in [0.25, 0.3) is 5.91 Å². The third-order valence-corrected chi connectivity index (χ3v) is 4.64. The molecule has 2 aliphatic rings. The molecule has 1 atom stereocenters. The quantitative estimate of drug-likeness (QED) is 0.799. The molecule has 24 heavy (non-hydrogen) atoms. The molecule has 8 heteroatoms. The van der Waals surface area contributed by atoms with Crippen LogP contribution in [0.1, 0.15) is 38.4 Å². The number of hydrogen-bond acceptors (Lipinski definition) is 5. The maximum absolute atomic E-state index is 12.6. The number of furan rings is 1. The van der Waals surface area contributed by atoms with Crippen molar-refractivity contribution < 1.29 is 18.8 Å². The predicted molar refractivity (Wildman–Crippen MR) is 81.3 cm³/mol. The number of nitrogens with zero attached hydrogens (tertiary/aromatic N) is 2. The van der Waals surface area contributed by atoms with Gasteiger partial charge in [-0.2, -0.15) is 5.26 Å². The molecule has 126 valence electrons. The van der Waals surface area contributed by atoms with E-state index < -0.39 is 35.5 Å². The summed E-state index contributed by atoms with van der Waals surface area (Å²) in [6.45, 7) is 1.10. The second kappa shape index (κ2) is 5.67. The summed E-state index contributed by atoms with van der Waals surface area (Å²) in [6, 6.07) is 4.69. The Kier molecular flexibility index (Phi) is 3.79. The van der Waals surface area contributed by atoms with Crippen molar-refractivity contribution in [2.24, 2.45) is 0 Å². The van der Waals surface area contributed by atoms with Gasteiger partial charge in [-0.05, 0) is 44.7 Å². The highest BCUT2D eigenvalue weighted by Gasteiger charge is 2.51. The van der Waals surface area contributed by atoms with Gasteiger partial charge in [-0.15, -0.1) is 0 Å². The fourth-order valence-corrected chi connectivity index (χ4v) is 3.26. The highest BCUT2D eigenvalue weighted by atomic mass is 16.3. The first kappa shape index (κ1) is 16.1. The molecule has 4 amide bonds. The SMILES string of the molecule is CC1(c2ccco2)NC(=O)N(CC(=O)NC2(C#N)CCCC2)C1=O. The Morgan fingerprint density at radius 3 is 2.75 bits per heavy atom. The number of hydrogen-bond donors (Lipinski definition) is 2. The Morgan fingerprint density at radius 2 is 2.17 bits per heavy atom. The van der Waals surface area contributed by atoms with Crippen LogP contribution in [0.15, 0.2) is 22.8 Å². The van der Waals surface area contributed by atoms with Crippen LogP contribution >= 0.6 is 0 Å². The minimum Gasteiger partial charge on any atom is -0.466 e. The minimum atomic E-state index is -1.33. The molecule has 3 rings (SSSR count). The number of rotatable bonds is 4. The fourth-order valence-electron chi connectivity index (χ4n) is 3.26. The maximum Gasteiger partial charge on any atom is 0.325 e. The van der Waals surface area contributed by atoms with E-state index in [-0.39, 0.29) is 0 Å². The number of amides is 4. The summed E-state index contributed by atoms with van der Waals surface area (Å²) >= 11 is 0. The van der Waals surface area contributed by atoms with E-state index in [0.29, 0.717) is 18.6 Å². The van der Waals surface area contributed by atoms with E-state index in [9.17, 15) is 19.6 Å². The molecule has 8 nitrogen and oxygen atoms in total. The summed E-state index contributed by atoms with van der Waals surface area (Å²) in [6.07, 6.45) is 4.31. The van der Waals surface area contributed by atoms with E-state index in [1.165, 1.54) is 13.2 Å². The molecular formula is C16H18N4O4. The lowest BCUT2D eigenvalue weighted by molar-refractivity contribution is -0.135. The van der Waals surface area contributed by atoms with Crippen LogP contribution < -0.4 is 10.6 Å². The van der Waals surface area contributed by atoms with E-state index in [0.717, 1.165) is 17.7 Å². The molecule has 2 fully saturated rings. The zero-order chi connectivity index (χ0) is 17.4. The molecule has 1 aromatic rings. The van der Waals surface area contributed by atoms with E-state index in [1.807, 2.05) is 0 Å². The Labute approximate surface area is 138 Å². The van der Waals surface area contributed by atoms with E-state index in [2.05, 4.69) is 16.7 Å². The highest BCUT2D eigenvalue weighted by molar-refractivity contribution is 6.08. The normalized spacial score (nSPS) is 25.4. The molecule has 1 saturated heterocycles. The first-order valence-electron chi connectivity index (χ1n) is 7.81. The second-order valence-corrected chi connectivity index (χ2v) is 6.37. The zero-order valence-electron chi connectivity index (χ0n) is 13.3. The van der Waals surface area contributed by atoms with Crippen molar-refractivity contribution in [2.75, 3.05) is 6.54 Å². The summed E-state index contributed by atoms with van der Waals surface area (Å²) in [5.74, 6) is -0.784. The molecule has 0 aromatic carbocycles. The summed E-state index contributed by atoms with van der Waals surface area (Å²) < 4.78 is 5.23. The first-order valence-corrected chi connectivity index (χ1v) is 7.81. The predicted octanol–water partition coefficient (Wildman–Crippen LogP) is 0.999. The van der Waals surface area contributed by atoms with Gasteiger partial charge in [-0.1, -0.05) is 0 Å². The van der Waals surface area contributed by atoms with Crippen LogP contribution in [0.25, 0.3) is 0 Å². The average Bonchev–Trinajstić information content (AvgIpc) is 3.26. The molecule has 1 saturated carbocycles. The number of imide groups is 1. The smallest absolute Gasteiger partial charge is 0.325 e. The molecule has 1 aliphatic heterocycles. The average molecular weight is 330 g/mol. The molecular weight excluding hydrogens is 312 g/mol. The lowest BCUT2D eigenvalue weighted by atomic mass is 9.99. The summed E-state index contributed by atoms with van der Waals surface area (Å²) in [4.78, 5) is 37.8. The number of carbonyl (C=O) groups excluding carboxylic acids is 3. The van der Waals surface area contributed by atoms with Crippen molar-refractivity contribution in [1.82, 2.24) is 15.5 Å². The molecule has 2 heterocycles. The Balaban J connectivity index is 1.71. The number of nitrogens with one attached hydrogen (secondary N) is 2. The second-order valence-electron chi connectivity index (χ2n) is 6.37. The van der Waals surface area contributed by atoms with Crippen molar-refractivity contribution in [3.63, 3.8) is 0 Å². The van der Waals surface area contributed by atoms with Crippen molar-refractivity contribution in [3.8, 4) is 6.07 Å². The van der Waals surface area contributed by atoms with E-state index in [4.69, 9.17) is 4.42 Å². The first-order chi connectivity index (χ1) is 11.4. The number of carbonyl (C=O) groups is 3. The molecule has 0 radical (unpaired) electrons. The molecule has 0 spiro atoms. The standard InChI is InChI=1S/C16H18N4O4/c1-15(11-5-4-8-24-11)13(22)20(14(23)19-15)9-12(21)18-16(10-17)6-2-3-7-16/h4-5,8H,2-3,6-7,9H2,1H3,(H,18,21)(H,19,23). The van der Waals surface area contributed by atoms with Crippen LogP contribution in [0.4, 0.5) is 4.79 Å². The minimum absolute atomic E-state index is 0.299. The van der Waals surface area contributed by atoms with Gasteiger partial charge in [0.15, 0.2) is 5.54 Å². The van der Waals surface area contributed by atoms with E-state index >= 15 is 0 Å². The van der Waals surface area contributed by atoms with Gasteiger partial charge in [-0.25, -0.2) is 4.79 Å². The van der Waals surface area contributed by atoms with Gasteiger partial charge < -0.3 is 15.1 Å².